The second-order valence-corrected chi connectivity index (χ2v) is 6.64. The summed E-state index contributed by atoms with van der Waals surface area (Å²) in [7, 11) is 1.52. The Bertz CT molecular complexity index is 753. The maximum absolute atomic E-state index is 12.6. The second-order valence-electron chi connectivity index (χ2n) is 5.58. The van der Waals surface area contributed by atoms with E-state index >= 15 is 0 Å². The van der Waals surface area contributed by atoms with Gasteiger partial charge in [-0.1, -0.05) is 0 Å². The molecule has 0 aliphatic heterocycles. The van der Waals surface area contributed by atoms with Gasteiger partial charge >= 0.3 is 6.61 Å². The normalized spacial score (nSPS) is 11.6. The predicted octanol–water partition coefficient (Wildman–Crippen LogP) is 3.36. The first-order valence-corrected chi connectivity index (χ1v) is 9.44. The van der Waals surface area contributed by atoms with Crippen LogP contribution >= 0.6 is 11.3 Å². The zero-order valence-corrected chi connectivity index (χ0v) is 16.4. The highest BCUT2D eigenvalue weighted by Crippen LogP contribution is 2.26. The monoisotopic (exact) mass is 398 g/mol. The highest BCUT2D eigenvalue weighted by molar-refractivity contribution is 7.09. The molecule has 0 unspecified atom stereocenters. The number of aromatic nitrogens is 1. The van der Waals surface area contributed by atoms with Crippen LogP contribution in [-0.4, -0.2) is 37.8 Å². The lowest BCUT2D eigenvalue weighted by molar-refractivity contribution is -0.0504. The largest absolute Gasteiger partial charge is 0.497 e. The Morgan fingerprint density at radius 2 is 2.15 bits per heavy atom. The number of aryl methyl sites for hydroxylation is 1. The molecule has 2 rings (SSSR count). The number of methoxy groups -OCH3 is 1. The van der Waals surface area contributed by atoms with Crippen LogP contribution in [0.1, 0.15) is 23.2 Å². The molecule has 0 saturated carbocycles. The molecule has 0 bridgehead atoms. The van der Waals surface area contributed by atoms with Gasteiger partial charge in [-0.2, -0.15) is 8.78 Å². The Morgan fingerprint density at radius 3 is 2.78 bits per heavy atom. The molecule has 0 fully saturated rings. The summed E-state index contributed by atoms with van der Waals surface area (Å²) in [4.78, 5) is 8.88. The fourth-order valence-corrected chi connectivity index (χ4v) is 3.00. The molecule has 2 aromatic rings. The summed E-state index contributed by atoms with van der Waals surface area (Å²) in [6.07, 6.45) is 0.771. The van der Waals surface area contributed by atoms with Crippen molar-refractivity contribution in [2.45, 2.75) is 33.4 Å². The van der Waals surface area contributed by atoms with Gasteiger partial charge in [0.05, 0.1) is 24.4 Å². The summed E-state index contributed by atoms with van der Waals surface area (Å²) in [5.41, 5.74) is 1.54. The third-order valence-corrected chi connectivity index (χ3v) is 4.40. The van der Waals surface area contributed by atoms with Gasteiger partial charge in [0.15, 0.2) is 5.96 Å². The van der Waals surface area contributed by atoms with Crippen molar-refractivity contribution in [2.75, 3.05) is 20.2 Å². The van der Waals surface area contributed by atoms with Crippen LogP contribution in [0, 0.1) is 6.92 Å². The molecule has 2 N–H and O–H groups in total. The Morgan fingerprint density at radius 1 is 1.33 bits per heavy atom. The van der Waals surface area contributed by atoms with Crippen molar-refractivity contribution in [2.24, 2.45) is 4.99 Å². The molecule has 1 aromatic carbocycles. The van der Waals surface area contributed by atoms with Crippen LogP contribution < -0.4 is 20.1 Å². The maximum atomic E-state index is 12.6. The number of thiazole rings is 1. The molecule has 0 radical (unpaired) electrons. The average molecular weight is 398 g/mol. The lowest BCUT2D eigenvalue weighted by Gasteiger charge is -2.13. The van der Waals surface area contributed by atoms with Crippen LogP contribution in [0.2, 0.25) is 0 Å². The first kappa shape index (κ1) is 20.9. The Labute approximate surface area is 161 Å². The van der Waals surface area contributed by atoms with Crippen LogP contribution in [0.15, 0.2) is 28.6 Å². The number of hydrogen-bond acceptors (Lipinski definition) is 5. The lowest BCUT2D eigenvalue weighted by Crippen LogP contribution is -2.38. The van der Waals surface area contributed by atoms with Crippen LogP contribution in [0.25, 0.3) is 0 Å². The summed E-state index contributed by atoms with van der Waals surface area (Å²) in [6.45, 7) is 2.55. The van der Waals surface area contributed by atoms with E-state index < -0.39 is 6.61 Å². The summed E-state index contributed by atoms with van der Waals surface area (Å²) in [6, 6.07) is 4.67. The molecule has 0 aliphatic rings. The van der Waals surface area contributed by atoms with Crippen molar-refractivity contribution in [1.29, 1.82) is 0 Å². The minimum atomic E-state index is -2.89. The summed E-state index contributed by atoms with van der Waals surface area (Å²) in [5, 5.41) is 9.43. The zero-order valence-electron chi connectivity index (χ0n) is 15.6. The third-order valence-electron chi connectivity index (χ3n) is 3.58. The van der Waals surface area contributed by atoms with Crippen molar-refractivity contribution in [3.8, 4) is 11.5 Å². The highest BCUT2D eigenvalue weighted by atomic mass is 32.1. The van der Waals surface area contributed by atoms with Crippen molar-refractivity contribution < 1.29 is 18.3 Å². The van der Waals surface area contributed by atoms with E-state index in [9.17, 15) is 8.78 Å². The predicted molar refractivity (Wildman–Crippen MR) is 103 cm³/mol. The number of halogens is 2. The smallest absolute Gasteiger partial charge is 0.387 e. The number of nitrogens with zero attached hydrogens (tertiary/aromatic N) is 2. The average Bonchev–Trinajstić information content (AvgIpc) is 3.05. The quantitative estimate of drug-likeness (QED) is 0.501. The summed E-state index contributed by atoms with van der Waals surface area (Å²) >= 11 is 1.62. The van der Waals surface area contributed by atoms with Gasteiger partial charge in [-0.25, -0.2) is 9.98 Å². The topological polar surface area (TPSA) is 67.8 Å². The first-order valence-electron chi connectivity index (χ1n) is 8.56. The number of guanidine groups is 1. The molecule has 0 atom stereocenters. The number of alkyl halides is 2. The molecule has 1 heterocycles. The van der Waals surface area contributed by atoms with Gasteiger partial charge < -0.3 is 20.1 Å². The summed E-state index contributed by atoms with van der Waals surface area (Å²) < 4.78 is 35.0. The maximum Gasteiger partial charge on any atom is 0.387 e. The van der Waals surface area contributed by atoms with E-state index in [1.54, 1.807) is 23.5 Å². The number of nitrogens with one attached hydrogen (secondary N) is 2. The summed E-state index contributed by atoms with van der Waals surface area (Å²) in [5.74, 6) is 1.23. The van der Waals surface area contributed by atoms with Gasteiger partial charge in [-0.05, 0) is 32.0 Å². The number of rotatable bonds is 9. The van der Waals surface area contributed by atoms with E-state index in [-0.39, 0.29) is 12.3 Å². The van der Waals surface area contributed by atoms with Crippen LogP contribution in [0.4, 0.5) is 8.78 Å². The molecule has 0 spiro atoms. The van der Waals surface area contributed by atoms with Crippen molar-refractivity contribution >= 4 is 17.3 Å². The number of ether oxygens (including phenoxy) is 2. The van der Waals surface area contributed by atoms with Crippen LogP contribution in [0.5, 0.6) is 11.5 Å². The minimum absolute atomic E-state index is 0.0864. The molecule has 148 valence electrons. The van der Waals surface area contributed by atoms with Gasteiger partial charge in [0.1, 0.15) is 11.5 Å². The van der Waals surface area contributed by atoms with E-state index in [0.717, 1.165) is 17.1 Å². The molecule has 27 heavy (non-hydrogen) atoms. The van der Waals surface area contributed by atoms with Gasteiger partial charge in [-0.15, -0.1) is 11.3 Å². The standard InChI is InChI=1S/C18H24F2N4O2S/c1-4-21-18(22-8-7-14-11-27-12(2)24-14)23-10-13-9-15(25-3)5-6-16(13)26-17(19)20/h5-6,9,11,17H,4,7-8,10H2,1-3H3,(H2,21,22,23). The number of aliphatic imine (C=N–C) groups is 1. The SMILES string of the molecule is CCNC(=NCc1cc(OC)ccc1OC(F)F)NCCc1csc(C)n1. The lowest BCUT2D eigenvalue weighted by atomic mass is 10.2. The Kier molecular flexibility index (Phi) is 8.25. The van der Waals surface area contributed by atoms with E-state index in [2.05, 4.69) is 25.3 Å². The zero-order chi connectivity index (χ0) is 19.6. The van der Waals surface area contributed by atoms with Gasteiger partial charge in [0, 0.05) is 30.5 Å². The second kappa shape index (κ2) is 10.7. The Hall–Kier alpha value is -2.42. The molecule has 0 aliphatic carbocycles. The molecule has 0 saturated heterocycles. The molecular weight excluding hydrogens is 374 g/mol. The molecule has 0 amide bonds. The first-order chi connectivity index (χ1) is 13.0. The van der Waals surface area contributed by atoms with Crippen LogP contribution in [-0.2, 0) is 13.0 Å². The van der Waals surface area contributed by atoms with Gasteiger partial charge in [0.2, 0.25) is 0 Å². The van der Waals surface area contributed by atoms with Gasteiger partial charge in [0.25, 0.3) is 0 Å². The van der Waals surface area contributed by atoms with E-state index in [1.807, 2.05) is 19.2 Å². The van der Waals surface area contributed by atoms with Crippen molar-refractivity contribution in [3.05, 3.63) is 39.8 Å². The minimum Gasteiger partial charge on any atom is -0.497 e. The molecular formula is C18H24F2N4O2S. The fraction of sp³-hybridized carbons (Fsp3) is 0.444. The number of hydrogen-bond donors (Lipinski definition) is 2. The molecule has 9 heteroatoms. The Balaban J connectivity index is 2.03. The highest BCUT2D eigenvalue weighted by Gasteiger charge is 2.11. The third kappa shape index (κ3) is 7.01. The van der Waals surface area contributed by atoms with Crippen molar-refractivity contribution in [1.82, 2.24) is 15.6 Å². The fourth-order valence-electron chi connectivity index (χ4n) is 2.36. The van der Waals surface area contributed by atoms with Gasteiger partial charge in [-0.3, -0.25) is 0 Å². The van der Waals surface area contributed by atoms with E-state index in [4.69, 9.17) is 4.74 Å². The van der Waals surface area contributed by atoms with Crippen LogP contribution in [0.3, 0.4) is 0 Å². The molecule has 1 aromatic heterocycles. The molecule has 6 nitrogen and oxygen atoms in total. The van der Waals surface area contributed by atoms with E-state index in [0.29, 0.717) is 30.4 Å². The van der Waals surface area contributed by atoms with Crippen molar-refractivity contribution in [3.63, 3.8) is 0 Å². The van der Waals surface area contributed by atoms with E-state index in [1.165, 1.54) is 13.2 Å². The number of benzene rings is 1.